The van der Waals surface area contributed by atoms with Gasteiger partial charge in [-0.15, -0.1) is 0 Å². The standard InChI is InChI=1S/C31H29N3O4/c35-29-22-37-27-14-8-7-13-26(27)34(29)21-25-15-16-28(38-25)31(36)33-19-17-32(18-20-33)30(23-9-3-1-4-10-23)24-11-5-2-6-12-24/h1-16,30H,17-22H2. The molecule has 7 heteroatoms. The Morgan fingerprint density at radius 1 is 0.763 bits per heavy atom. The predicted molar refractivity (Wildman–Crippen MR) is 144 cm³/mol. The van der Waals surface area contributed by atoms with Crippen molar-refractivity contribution in [3.05, 3.63) is 120 Å². The monoisotopic (exact) mass is 507 g/mol. The summed E-state index contributed by atoms with van der Waals surface area (Å²) in [5, 5.41) is 0. The lowest BCUT2D eigenvalue weighted by Crippen LogP contribution is -2.49. The molecule has 7 nitrogen and oxygen atoms in total. The van der Waals surface area contributed by atoms with Crippen molar-refractivity contribution < 1.29 is 18.7 Å². The molecule has 3 aromatic carbocycles. The van der Waals surface area contributed by atoms with Crippen molar-refractivity contribution in [1.82, 2.24) is 9.80 Å². The molecule has 0 radical (unpaired) electrons. The molecule has 192 valence electrons. The Bertz CT molecular complexity index is 1370. The summed E-state index contributed by atoms with van der Waals surface area (Å²) >= 11 is 0. The summed E-state index contributed by atoms with van der Waals surface area (Å²) in [6.07, 6.45) is 0. The van der Waals surface area contributed by atoms with Crippen LogP contribution in [-0.4, -0.2) is 54.4 Å². The van der Waals surface area contributed by atoms with Crippen LogP contribution < -0.4 is 9.64 Å². The van der Waals surface area contributed by atoms with E-state index in [1.807, 2.05) is 41.3 Å². The van der Waals surface area contributed by atoms with E-state index < -0.39 is 0 Å². The number of hydrogen-bond acceptors (Lipinski definition) is 5. The van der Waals surface area contributed by atoms with Crippen molar-refractivity contribution in [2.24, 2.45) is 0 Å². The Kier molecular flexibility index (Phi) is 6.67. The van der Waals surface area contributed by atoms with Gasteiger partial charge in [0.2, 0.25) is 0 Å². The van der Waals surface area contributed by atoms with Crippen molar-refractivity contribution in [2.45, 2.75) is 12.6 Å². The van der Waals surface area contributed by atoms with Gasteiger partial charge >= 0.3 is 0 Å². The fourth-order valence-corrected chi connectivity index (χ4v) is 5.28. The minimum absolute atomic E-state index is 0.0132. The first-order chi connectivity index (χ1) is 18.7. The zero-order chi connectivity index (χ0) is 25.9. The lowest BCUT2D eigenvalue weighted by molar-refractivity contribution is -0.121. The van der Waals surface area contributed by atoms with Crippen LogP contribution >= 0.6 is 0 Å². The molecule has 0 aliphatic carbocycles. The molecule has 38 heavy (non-hydrogen) atoms. The second-order valence-electron chi connectivity index (χ2n) is 9.55. The first-order valence-corrected chi connectivity index (χ1v) is 12.9. The zero-order valence-corrected chi connectivity index (χ0v) is 21.0. The number of hydrogen-bond donors (Lipinski definition) is 0. The zero-order valence-electron chi connectivity index (χ0n) is 21.0. The summed E-state index contributed by atoms with van der Waals surface area (Å²) in [4.78, 5) is 31.7. The summed E-state index contributed by atoms with van der Waals surface area (Å²) in [6, 6.07) is 32.1. The van der Waals surface area contributed by atoms with Gasteiger partial charge in [0, 0.05) is 26.2 Å². The maximum atomic E-state index is 13.3. The lowest BCUT2D eigenvalue weighted by atomic mass is 9.96. The minimum Gasteiger partial charge on any atom is -0.482 e. The van der Waals surface area contributed by atoms with E-state index in [0.29, 0.717) is 36.0 Å². The van der Waals surface area contributed by atoms with Crippen LogP contribution in [0.1, 0.15) is 33.5 Å². The summed E-state index contributed by atoms with van der Waals surface area (Å²) in [5.41, 5.74) is 3.19. The Labute approximate surface area is 221 Å². The van der Waals surface area contributed by atoms with Crippen LogP contribution in [0.3, 0.4) is 0 Å². The molecular weight excluding hydrogens is 478 g/mol. The smallest absolute Gasteiger partial charge is 0.289 e. The van der Waals surface area contributed by atoms with E-state index in [-0.39, 0.29) is 31.0 Å². The van der Waals surface area contributed by atoms with Gasteiger partial charge < -0.3 is 14.1 Å². The van der Waals surface area contributed by atoms with E-state index in [2.05, 4.69) is 53.4 Å². The van der Waals surface area contributed by atoms with E-state index in [1.54, 1.807) is 17.0 Å². The van der Waals surface area contributed by atoms with Crippen molar-refractivity contribution in [3.8, 4) is 5.75 Å². The molecule has 6 rings (SSSR count). The summed E-state index contributed by atoms with van der Waals surface area (Å²) < 4.78 is 11.5. The van der Waals surface area contributed by atoms with E-state index >= 15 is 0 Å². The molecule has 0 bridgehead atoms. The van der Waals surface area contributed by atoms with Gasteiger partial charge in [-0.1, -0.05) is 72.8 Å². The van der Waals surface area contributed by atoms with E-state index in [9.17, 15) is 9.59 Å². The third-order valence-corrected chi connectivity index (χ3v) is 7.19. The van der Waals surface area contributed by atoms with Crippen molar-refractivity contribution >= 4 is 17.5 Å². The fourth-order valence-electron chi connectivity index (χ4n) is 5.28. The molecule has 2 aliphatic rings. The van der Waals surface area contributed by atoms with Gasteiger partial charge in [-0.3, -0.25) is 19.4 Å². The van der Waals surface area contributed by atoms with Crippen LogP contribution in [0.5, 0.6) is 5.75 Å². The Morgan fingerprint density at radius 3 is 2.08 bits per heavy atom. The molecule has 0 saturated carbocycles. The van der Waals surface area contributed by atoms with Gasteiger partial charge in [-0.05, 0) is 35.4 Å². The van der Waals surface area contributed by atoms with Crippen LogP contribution in [-0.2, 0) is 11.3 Å². The number of amides is 2. The van der Waals surface area contributed by atoms with Crippen LogP contribution in [0.25, 0.3) is 0 Å². The summed E-state index contributed by atoms with van der Waals surface area (Å²) in [5.74, 6) is 1.25. The fraction of sp³-hybridized carbons (Fsp3) is 0.226. The highest BCUT2D eigenvalue weighted by atomic mass is 16.5. The average Bonchev–Trinajstić information content (AvgIpc) is 3.45. The van der Waals surface area contributed by atoms with Crippen molar-refractivity contribution in [2.75, 3.05) is 37.7 Å². The third kappa shape index (κ3) is 4.80. The van der Waals surface area contributed by atoms with Gasteiger partial charge in [0.15, 0.2) is 12.4 Å². The molecule has 1 fully saturated rings. The first-order valence-electron chi connectivity index (χ1n) is 12.9. The highest BCUT2D eigenvalue weighted by molar-refractivity contribution is 5.97. The molecule has 0 N–H and O–H groups in total. The second-order valence-corrected chi connectivity index (χ2v) is 9.55. The molecule has 0 spiro atoms. The van der Waals surface area contributed by atoms with E-state index in [1.165, 1.54) is 11.1 Å². The molecular formula is C31H29N3O4. The van der Waals surface area contributed by atoms with Gasteiger partial charge in [0.25, 0.3) is 11.8 Å². The van der Waals surface area contributed by atoms with Gasteiger partial charge in [-0.25, -0.2) is 0 Å². The molecule has 2 amide bonds. The number of piperazine rings is 1. The van der Waals surface area contributed by atoms with Crippen molar-refractivity contribution in [3.63, 3.8) is 0 Å². The number of fused-ring (bicyclic) bond motifs is 1. The highest BCUT2D eigenvalue weighted by Crippen LogP contribution is 2.33. The van der Waals surface area contributed by atoms with Crippen LogP contribution in [0.15, 0.2) is 101 Å². The molecule has 1 aromatic heterocycles. The predicted octanol–water partition coefficient (Wildman–Crippen LogP) is 4.75. The number of ether oxygens (including phenoxy) is 1. The maximum absolute atomic E-state index is 13.3. The second kappa shape index (κ2) is 10.6. The number of rotatable bonds is 6. The van der Waals surface area contributed by atoms with Crippen LogP contribution in [0.2, 0.25) is 0 Å². The average molecular weight is 508 g/mol. The van der Waals surface area contributed by atoms with Crippen LogP contribution in [0, 0.1) is 0 Å². The third-order valence-electron chi connectivity index (χ3n) is 7.19. The molecule has 1 saturated heterocycles. The topological polar surface area (TPSA) is 66.2 Å². The lowest BCUT2D eigenvalue weighted by Gasteiger charge is -2.39. The van der Waals surface area contributed by atoms with Gasteiger partial charge in [-0.2, -0.15) is 0 Å². The van der Waals surface area contributed by atoms with E-state index in [0.717, 1.165) is 13.1 Å². The number of anilines is 1. The number of para-hydroxylation sites is 2. The van der Waals surface area contributed by atoms with Crippen molar-refractivity contribution in [1.29, 1.82) is 0 Å². The van der Waals surface area contributed by atoms with Gasteiger partial charge in [0.1, 0.15) is 11.5 Å². The number of furan rings is 1. The minimum atomic E-state index is -0.143. The Balaban J connectivity index is 1.13. The summed E-state index contributed by atoms with van der Waals surface area (Å²) in [6.45, 7) is 2.97. The molecule has 0 atom stereocenters. The van der Waals surface area contributed by atoms with E-state index in [4.69, 9.17) is 9.15 Å². The SMILES string of the molecule is O=C(c1ccc(CN2C(=O)COc3ccccc32)o1)N1CCN(C(c2ccccc2)c2ccccc2)CC1. The highest BCUT2D eigenvalue weighted by Gasteiger charge is 2.30. The molecule has 4 aromatic rings. The first kappa shape index (κ1) is 24.0. The normalized spacial score (nSPS) is 15.9. The molecule has 2 aliphatic heterocycles. The molecule has 0 unspecified atom stereocenters. The Hall–Kier alpha value is -4.36. The molecule has 3 heterocycles. The number of carbonyl (C=O) groups is 2. The Morgan fingerprint density at radius 2 is 1.39 bits per heavy atom. The number of benzene rings is 3. The van der Waals surface area contributed by atoms with Gasteiger partial charge in [0.05, 0.1) is 18.3 Å². The number of carbonyl (C=O) groups excluding carboxylic acids is 2. The summed E-state index contributed by atoms with van der Waals surface area (Å²) in [7, 11) is 0. The quantitative estimate of drug-likeness (QED) is 0.377. The number of nitrogens with zero attached hydrogens (tertiary/aromatic N) is 3. The maximum Gasteiger partial charge on any atom is 0.289 e. The largest absolute Gasteiger partial charge is 0.482 e. The van der Waals surface area contributed by atoms with Crippen LogP contribution in [0.4, 0.5) is 5.69 Å².